The topological polar surface area (TPSA) is 29.5 Å². The van der Waals surface area contributed by atoms with Gasteiger partial charge in [0.15, 0.2) is 0 Å². The van der Waals surface area contributed by atoms with Crippen molar-refractivity contribution in [3.63, 3.8) is 0 Å². The third-order valence-corrected chi connectivity index (χ3v) is 3.23. The Kier molecular flexibility index (Phi) is 3.68. The third kappa shape index (κ3) is 2.83. The highest BCUT2D eigenvalue weighted by Gasteiger charge is 2.46. The van der Waals surface area contributed by atoms with E-state index < -0.39 is 18.1 Å². The van der Waals surface area contributed by atoms with Crippen molar-refractivity contribution in [1.29, 1.82) is 0 Å². The van der Waals surface area contributed by atoms with E-state index in [9.17, 15) is 18.0 Å². The van der Waals surface area contributed by atoms with Gasteiger partial charge in [0.25, 0.3) is 0 Å². The van der Waals surface area contributed by atoms with Crippen molar-refractivity contribution < 1.29 is 22.7 Å². The number of rotatable bonds is 2. The summed E-state index contributed by atoms with van der Waals surface area (Å²) in [5, 5.41) is 0. The van der Waals surface area contributed by atoms with Crippen molar-refractivity contribution in [1.82, 2.24) is 4.90 Å². The maximum atomic E-state index is 12.5. The molecule has 1 aliphatic heterocycles. The molecule has 1 saturated heterocycles. The van der Waals surface area contributed by atoms with Gasteiger partial charge in [-0.05, 0) is 30.5 Å². The average Bonchev–Trinajstić information content (AvgIpc) is 2.85. The summed E-state index contributed by atoms with van der Waals surface area (Å²) in [4.78, 5) is 12.3. The van der Waals surface area contributed by atoms with E-state index in [4.69, 9.17) is 4.74 Å². The first-order valence-corrected chi connectivity index (χ1v) is 5.95. The number of methoxy groups -OCH3 is 1. The molecule has 0 bridgehead atoms. The Hall–Kier alpha value is -1.72. The fourth-order valence-electron chi connectivity index (χ4n) is 2.37. The molecule has 0 radical (unpaired) electrons. The summed E-state index contributed by atoms with van der Waals surface area (Å²) in [5.41, 5.74) is 0.675. The van der Waals surface area contributed by atoms with E-state index in [1.807, 2.05) is 0 Å². The number of ether oxygens (including phenoxy) is 1. The van der Waals surface area contributed by atoms with Crippen molar-refractivity contribution in [3.05, 3.63) is 29.8 Å². The first-order chi connectivity index (χ1) is 8.93. The molecule has 0 N–H and O–H groups in total. The molecule has 0 saturated carbocycles. The van der Waals surface area contributed by atoms with Crippen LogP contribution >= 0.6 is 0 Å². The molecule has 1 atom stereocenters. The van der Waals surface area contributed by atoms with Gasteiger partial charge in [-0.3, -0.25) is 4.79 Å². The number of amides is 1. The van der Waals surface area contributed by atoms with E-state index in [0.29, 0.717) is 24.2 Å². The van der Waals surface area contributed by atoms with E-state index in [-0.39, 0.29) is 6.54 Å². The lowest BCUT2D eigenvalue weighted by atomic mass is 10.0. The summed E-state index contributed by atoms with van der Waals surface area (Å²) in [5.74, 6) is -1.19. The number of halogens is 3. The van der Waals surface area contributed by atoms with Crippen LogP contribution in [0.2, 0.25) is 0 Å². The van der Waals surface area contributed by atoms with Crippen LogP contribution in [0, 0.1) is 0 Å². The molecule has 1 aliphatic rings. The van der Waals surface area contributed by atoms with E-state index >= 15 is 0 Å². The fourth-order valence-corrected chi connectivity index (χ4v) is 2.37. The van der Waals surface area contributed by atoms with Crippen LogP contribution in [0.3, 0.4) is 0 Å². The molecule has 0 spiro atoms. The van der Waals surface area contributed by atoms with Crippen LogP contribution in [0.1, 0.15) is 24.4 Å². The zero-order chi connectivity index (χ0) is 14.0. The normalized spacial score (nSPS) is 19.6. The van der Waals surface area contributed by atoms with Gasteiger partial charge in [0.2, 0.25) is 0 Å². The molecule has 1 heterocycles. The maximum Gasteiger partial charge on any atom is 0.471 e. The minimum atomic E-state index is -4.82. The largest absolute Gasteiger partial charge is 0.497 e. The average molecular weight is 273 g/mol. The lowest BCUT2D eigenvalue weighted by Gasteiger charge is -2.26. The summed E-state index contributed by atoms with van der Waals surface area (Å²) in [7, 11) is 1.49. The first-order valence-electron chi connectivity index (χ1n) is 5.95. The molecule has 1 aromatic rings. The predicted octanol–water partition coefficient (Wildman–Crippen LogP) is 2.92. The second kappa shape index (κ2) is 5.11. The highest BCUT2D eigenvalue weighted by molar-refractivity contribution is 5.82. The van der Waals surface area contributed by atoms with E-state index in [2.05, 4.69) is 0 Å². The van der Waals surface area contributed by atoms with Gasteiger partial charge in [0, 0.05) is 6.54 Å². The van der Waals surface area contributed by atoms with Crippen LogP contribution in [0.15, 0.2) is 24.3 Å². The van der Waals surface area contributed by atoms with Crippen molar-refractivity contribution in [2.45, 2.75) is 25.1 Å². The minimum absolute atomic E-state index is 0.139. The zero-order valence-corrected chi connectivity index (χ0v) is 10.4. The van der Waals surface area contributed by atoms with E-state index in [1.54, 1.807) is 24.3 Å². The molecule has 1 aromatic carbocycles. The third-order valence-electron chi connectivity index (χ3n) is 3.23. The number of benzene rings is 1. The monoisotopic (exact) mass is 273 g/mol. The molecule has 2 rings (SSSR count). The molecule has 19 heavy (non-hydrogen) atoms. The molecule has 1 unspecified atom stereocenters. The smallest absolute Gasteiger partial charge is 0.471 e. The highest BCUT2D eigenvalue weighted by atomic mass is 19.4. The van der Waals surface area contributed by atoms with Gasteiger partial charge in [0.05, 0.1) is 13.2 Å². The van der Waals surface area contributed by atoms with Gasteiger partial charge < -0.3 is 9.64 Å². The van der Waals surface area contributed by atoms with Crippen LogP contribution in [-0.2, 0) is 4.79 Å². The Morgan fingerprint density at radius 1 is 1.42 bits per heavy atom. The van der Waals surface area contributed by atoms with Gasteiger partial charge in [0.1, 0.15) is 5.75 Å². The van der Waals surface area contributed by atoms with Crippen LogP contribution in [0.5, 0.6) is 5.75 Å². The summed E-state index contributed by atoms with van der Waals surface area (Å²) >= 11 is 0. The number of hydrogen-bond acceptors (Lipinski definition) is 2. The maximum absolute atomic E-state index is 12.5. The Bertz CT molecular complexity index is 473. The SMILES string of the molecule is COc1cccc(C2CCCN2C(=O)C(F)(F)F)c1. The Morgan fingerprint density at radius 2 is 2.16 bits per heavy atom. The number of nitrogens with zero attached hydrogens (tertiary/aromatic N) is 1. The van der Waals surface area contributed by atoms with Crippen LogP contribution in [0.4, 0.5) is 13.2 Å². The van der Waals surface area contributed by atoms with E-state index in [0.717, 1.165) is 4.90 Å². The molecule has 1 amide bonds. The summed E-state index contributed by atoms with van der Waals surface area (Å²) in [6.45, 7) is 0.139. The number of carbonyl (C=O) groups is 1. The van der Waals surface area contributed by atoms with Gasteiger partial charge in [-0.2, -0.15) is 13.2 Å². The van der Waals surface area contributed by atoms with Gasteiger partial charge >= 0.3 is 12.1 Å². The van der Waals surface area contributed by atoms with E-state index in [1.165, 1.54) is 7.11 Å². The molecule has 6 heteroatoms. The summed E-state index contributed by atoms with van der Waals surface area (Å²) < 4.78 is 42.6. The summed E-state index contributed by atoms with van der Waals surface area (Å²) in [6, 6.07) is 6.29. The molecule has 0 aliphatic carbocycles. The van der Waals surface area contributed by atoms with Gasteiger partial charge in [-0.15, -0.1) is 0 Å². The lowest BCUT2D eigenvalue weighted by Crippen LogP contribution is -2.40. The second-order valence-corrected chi connectivity index (χ2v) is 4.43. The number of alkyl halides is 3. The van der Waals surface area contributed by atoms with Gasteiger partial charge in [-0.25, -0.2) is 0 Å². The Morgan fingerprint density at radius 3 is 2.79 bits per heavy atom. The van der Waals surface area contributed by atoms with Crippen molar-refractivity contribution >= 4 is 5.91 Å². The van der Waals surface area contributed by atoms with Gasteiger partial charge in [-0.1, -0.05) is 12.1 Å². The number of hydrogen-bond donors (Lipinski definition) is 0. The summed E-state index contributed by atoms with van der Waals surface area (Å²) in [6.07, 6.45) is -3.71. The Labute approximate surface area is 109 Å². The van der Waals surface area contributed by atoms with Crippen LogP contribution in [-0.4, -0.2) is 30.6 Å². The van der Waals surface area contributed by atoms with Crippen LogP contribution in [0.25, 0.3) is 0 Å². The molecular weight excluding hydrogens is 259 g/mol. The zero-order valence-electron chi connectivity index (χ0n) is 10.4. The standard InChI is InChI=1S/C13H14F3NO2/c1-19-10-5-2-4-9(8-10)11-6-3-7-17(11)12(18)13(14,15)16/h2,4-5,8,11H,3,6-7H2,1H3. The lowest BCUT2D eigenvalue weighted by molar-refractivity contribution is -0.186. The van der Waals surface area contributed by atoms with Crippen molar-refractivity contribution in [3.8, 4) is 5.75 Å². The highest BCUT2D eigenvalue weighted by Crippen LogP contribution is 2.36. The van der Waals surface area contributed by atoms with Crippen molar-refractivity contribution in [2.75, 3.05) is 13.7 Å². The van der Waals surface area contributed by atoms with Crippen molar-refractivity contribution in [2.24, 2.45) is 0 Å². The molecule has 104 valence electrons. The number of likely N-dealkylation sites (tertiary alicyclic amines) is 1. The van der Waals surface area contributed by atoms with Crippen LogP contribution < -0.4 is 4.74 Å². The predicted molar refractivity (Wildman–Crippen MR) is 62.7 cm³/mol. The molecule has 3 nitrogen and oxygen atoms in total. The minimum Gasteiger partial charge on any atom is -0.497 e. The number of carbonyl (C=O) groups excluding carboxylic acids is 1. The Balaban J connectivity index is 2.25. The molecule has 1 fully saturated rings. The second-order valence-electron chi connectivity index (χ2n) is 4.43. The molecule has 0 aromatic heterocycles. The fraction of sp³-hybridized carbons (Fsp3) is 0.462. The quantitative estimate of drug-likeness (QED) is 0.829. The molecular formula is C13H14F3NO2. The first kappa shape index (κ1) is 13.7.